The van der Waals surface area contributed by atoms with Crippen LogP contribution < -0.4 is 0 Å². The lowest BCUT2D eigenvalue weighted by Crippen LogP contribution is -2.15. The van der Waals surface area contributed by atoms with Crippen LogP contribution in [0.25, 0.3) is 0 Å². The first-order chi connectivity index (χ1) is 9.66. The zero-order valence-corrected chi connectivity index (χ0v) is 14.3. The summed E-state index contributed by atoms with van der Waals surface area (Å²) in [6.45, 7) is 13.8. The average molecular weight is 296 g/mol. The second-order valence-electron chi connectivity index (χ2n) is 8.79. The molecule has 1 aromatic carbocycles. The van der Waals surface area contributed by atoms with Gasteiger partial charge in [0.15, 0.2) is 0 Å². The molecule has 2 unspecified atom stereocenters. The lowest BCUT2D eigenvalue weighted by Gasteiger charge is -2.27. The van der Waals surface area contributed by atoms with Crippen molar-refractivity contribution in [3.8, 4) is 0 Å². The summed E-state index contributed by atoms with van der Waals surface area (Å²) < 4.78 is 0. The van der Waals surface area contributed by atoms with E-state index in [0.717, 1.165) is 0 Å². The summed E-state index contributed by atoms with van der Waals surface area (Å²) in [7, 11) is 0. The van der Waals surface area contributed by atoms with Crippen LogP contribution in [0.15, 0.2) is 42.0 Å². The van der Waals surface area contributed by atoms with Crippen LogP contribution in [0.1, 0.15) is 71.6 Å². The molecule has 2 aliphatic carbocycles. The molecule has 0 spiro atoms. The van der Waals surface area contributed by atoms with Crippen LogP contribution in [0.5, 0.6) is 0 Å². The molecule has 0 N–H and O–H groups in total. The second kappa shape index (κ2) is 5.41. The minimum atomic E-state index is 0. The fourth-order valence-electron chi connectivity index (χ4n) is 3.59. The van der Waals surface area contributed by atoms with Gasteiger partial charge in [0, 0.05) is 5.92 Å². The quantitative estimate of drug-likeness (QED) is 0.518. The molecule has 2 aliphatic rings. The van der Waals surface area contributed by atoms with E-state index in [1.807, 2.05) is 0 Å². The molecule has 0 nitrogen and oxygen atoms in total. The predicted octanol–water partition coefficient (Wildman–Crippen LogP) is 6.42. The van der Waals surface area contributed by atoms with E-state index in [0.29, 0.717) is 11.8 Å². The summed E-state index contributed by atoms with van der Waals surface area (Å²) in [4.78, 5) is 0. The Balaban J connectivity index is 0.00000176. The summed E-state index contributed by atoms with van der Waals surface area (Å²) in [5.74, 6) is 1.26. The largest absolute Gasteiger partial charge is 0.0776 e. The summed E-state index contributed by atoms with van der Waals surface area (Å²) in [5, 5.41) is 0. The molecule has 0 fully saturated rings. The Morgan fingerprint density at radius 1 is 0.955 bits per heavy atom. The minimum absolute atomic E-state index is 0. The SMILES string of the molecule is C.CC(C)(C)C1=CC2Cc3cc(C(C)(C)C)ccc3C2C=C1. The Hall–Kier alpha value is -1.30. The number of benzene rings is 1. The van der Waals surface area contributed by atoms with Gasteiger partial charge in [-0.05, 0) is 45.4 Å². The van der Waals surface area contributed by atoms with Crippen molar-refractivity contribution in [3.05, 3.63) is 58.7 Å². The van der Waals surface area contributed by atoms with Crippen molar-refractivity contribution in [2.45, 2.75) is 66.7 Å². The Labute approximate surface area is 137 Å². The number of hydrogen-bond acceptors (Lipinski definition) is 0. The van der Waals surface area contributed by atoms with E-state index >= 15 is 0 Å². The maximum atomic E-state index is 2.53. The van der Waals surface area contributed by atoms with Gasteiger partial charge < -0.3 is 0 Å². The number of fused-ring (bicyclic) bond motifs is 3. The molecule has 0 heterocycles. The van der Waals surface area contributed by atoms with Crippen LogP contribution >= 0.6 is 0 Å². The zero-order valence-electron chi connectivity index (χ0n) is 14.3. The van der Waals surface area contributed by atoms with Crippen LogP contribution in [-0.2, 0) is 11.8 Å². The monoisotopic (exact) mass is 296 g/mol. The number of rotatable bonds is 0. The zero-order chi connectivity index (χ0) is 15.4. The molecule has 0 heteroatoms. The van der Waals surface area contributed by atoms with Crippen molar-refractivity contribution >= 4 is 0 Å². The molecular formula is C22H32. The van der Waals surface area contributed by atoms with Crippen LogP contribution in [0, 0.1) is 11.3 Å². The molecule has 3 rings (SSSR count). The third-order valence-corrected chi connectivity index (χ3v) is 5.03. The van der Waals surface area contributed by atoms with Gasteiger partial charge in [-0.3, -0.25) is 0 Å². The van der Waals surface area contributed by atoms with E-state index in [1.54, 1.807) is 11.1 Å². The van der Waals surface area contributed by atoms with Crippen molar-refractivity contribution in [2.75, 3.05) is 0 Å². The van der Waals surface area contributed by atoms with Gasteiger partial charge in [-0.2, -0.15) is 0 Å². The molecule has 120 valence electrons. The molecule has 1 aromatic rings. The lowest BCUT2D eigenvalue weighted by molar-refractivity contribution is 0.496. The smallest absolute Gasteiger partial charge is 0.00901 e. The summed E-state index contributed by atoms with van der Waals surface area (Å²) in [6, 6.07) is 7.16. The van der Waals surface area contributed by atoms with E-state index in [4.69, 9.17) is 0 Å². The van der Waals surface area contributed by atoms with Crippen molar-refractivity contribution in [1.29, 1.82) is 0 Å². The van der Waals surface area contributed by atoms with Crippen LogP contribution in [-0.4, -0.2) is 0 Å². The van der Waals surface area contributed by atoms with Crippen molar-refractivity contribution in [3.63, 3.8) is 0 Å². The Kier molecular flexibility index (Phi) is 4.19. The van der Waals surface area contributed by atoms with E-state index < -0.39 is 0 Å². The van der Waals surface area contributed by atoms with Gasteiger partial charge in [0.05, 0.1) is 0 Å². The fourth-order valence-corrected chi connectivity index (χ4v) is 3.59. The molecule has 0 saturated carbocycles. The van der Waals surface area contributed by atoms with Gasteiger partial charge in [-0.15, -0.1) is 0 Å². The Morgan fingerprint density at radius 3 is 2.23 bits per heavy atom. The molecule has 0 radical (unpaired) electrons. The highest BCUT2D eigenvalue weighted by Gasteiger charge is 2.33. The molecular weight excluding hydrogens is 264 g/mol. The van der Waals surface area contributed by atoms with Gasteiger partial charge in [0.25, 0.3) is 0 Å². The normalized spacial score (nSPS) is 23.5. The molecule has 0 bridgehead atoms. The fraction of sp³-hybridized carbons (Fsp3) is 0.545. The highest BCUT2D eigenvalue weighted by molar-refractivity contribution is 5.48. The summed E-state index contributed by atoms with van der Waals surface area (Å²) in [5.41, 5.74) is 6.57. The van der Waals surface area contributed by atoms with Crippen molar-refractivity contribution < 1.29 is 0 Å². The third-order valence-electron chi connectivity index (χ3n) is 5.03. The maximum absolute atomic E-state index is 2.53. The first kappa shape index (κ1) is 17.1. The standard InChI is InChI=1S/C21H28.CH4/c1-20(2,3)16-7-9-18-14(12-16)11-15-13-17(21(4,5)6)8-10-19(15)18;/h7-10,12-14,18H,11H2,1-6H3;1H4. The first-order valence-corrected chi connectivity index (χ1v) is 8.20. The molecule has 0 amide bonds. The average Bonchev–Trinajstić information content (AvgIpc) is 2.73. The van der Waals surface area contributed by atoms with Gasteiger partial charge >= 0.3 is 0 Å². The molecule has 0 aliphatic heterocycles. The highest BCUT2D eigenvalue weighted by atomic mass is 14.4. The van der Waals surface area contributed by atoms with Gasteiger partial charge in [0.2, 0.25) is 0 Å². The van der Waals surface area contributed by atoms with Crippen LogP contribution in [0.4, 0.5) is 0 Å². The lowest BCUT2D eigenvalue weighted by atomic mass is 9.77. The van der Waals surface area contributed by atoms with E-state index in [9.17, 15) is 0 Å². The van der Waals surface area contributed by atoms with Crippen molar-refractivity contribution in [2.24, 2.45) is 11.3 Å². The predicted molar refractivity (Wildman–Crippen MR) is 98.5 cm³/mol. The number of hydrogen-bond donors (Lipinski definition) is 0. The number of allylic oxidation sites excluding steroid dienone is 4. The van der Waals surface area contributed by atoms with Crippen molar-refractivity contribution in [1.82, 2.24) is 0 Å². The van der Waals surface area contributed by atoms with Crippen LogP contribution in [0.2, 0.25) is 0 Å². The molecule has 0 saturated heterocycles. The van der Waals surface area contributed by atoms with Crippen LogP contribution in [0.3, 0.4) is 0 Å². The van der Waals surface area contributed by atoms with Gasteiger partial charge in [-0.1, -0.05) is 85.4 Å². The first-order valence-electron chi connectivity index (χ1n) is 8.20. The molecule has 0 aromatic heterocycles. The van der Waals surface area contributed by atoms with E-state index in [1.165, 1.54) is 17.6 Å². The van der Waals surface area contributed by atoms with E-state index in [-0.39, 0.29) is 18.3 Å². The Morgan fingerprint density at radius 2 is 1.64 bits per heavy atom. The van der Waals surface area contributed by atoms with E-state index in [2.05, 4.69) is 78.0 Å². The summed E-state index contributed by atoms with van der Waals surface area (Å²) in [6.07, 6.45) is 8.52. The minimum Gasteiger partial charge on any atom is -0.0776 e. The van der Waals surface area contributed by atoms with Gasteiger partial charge in [0.1, 0.15) is 0 Å². The van der Waals surface area contributed by atoms with Gasteiger partial charge in [-0.25, -0.2) is 0 Å². The topological polar surface area (TPSA) is 0 Å². The molecule has 2 atom stereocenters. The second-order valence-corrected chi connectivity index (χ2v) is 8.79. The molecule has 22 heavy (non-hydrogen) atoms. The maximum Gasteiger partial charge on any atom is 0.00901 e. The Bertz CT molecular complexity index is 614. The summed E-state index contributed by atoms with van der Waals surface area (Å²) >= 11 is 0. The highest BCUT2D eigenvalue weighted by Crippen LogP contribution is 2.45. The third kappa shape index (κ3) is 2.93.